The lowest BCUT2D eigenvalue weighted by atomic mass is 10.3. The van der Waals surface area contributed by atoms with E-state index in [2.05, 4.69) is 9.68 Å². The van der Waals surface area contributed by atoms with Gasteiger partial charge in [-0.05, 0) is 13.8 Å². The molecule has 0 saturated carbocycles. The van der Waals surface area contributed by atoms with Gasteiger partial charge < -0.3 is 4.52 Å². The van der Waals surface area contributed by atoms with E-state index in [0.29, 0.717) is 11.3 Å². The molecular weight excluding hydrogens is 206 g/mol. The van der Waals surface area contributed by atoms with Crippen molar-refractivity contribution < 1.29 is 17.5 Å². The molecule has 0 fully saturated rings. The molecule has 0 aliphatic heterocycles. The Balaban J connectivity index is 0.00000121. The van der Waals surface area contributed by atoms with Gasteiger partial charge in [0.15, 0.2) is 0 Å². The first-order chi connectivity index (χ1) is 4.93. The molecule has 0 aromatic carbocycles. The highest BCUT2D eigenvalue weighted by Gasteiger charge is 2.20. The fourth-order valence-corrected chi connectivity index (χ4v) is 1.30. The van der Waals surface area contributed by atoms with Gasteiger partial charge in [0.05, 0.1) is 5.69 Å². The molecule has 0 atom stereocenters. The Hall–Kier alpha value is -0.590. The number of halogens is 1. The Morgan fingerprint density at radius 3 is 2.08 bits per heavy atom. The van der Waals surface area contributed by atoms with Crippen LogP contribution in [0.5, 0.6) is 0 Å². The molecule has 0 spiro atoms. The van der Waals surface area contributed by atoms with Crippen LogP contribution in [0, 0.1) is 13.8 Å². The monoisotopic (exact) mass is 213 g/mol. The maximum absolute atomic E-state index is 10.5. The quantitative estimate of drug-likeness (QED) is 0.703. The van der Waals surface area contributed by atoms with E-state index < -0.39 is 15.2 Å². The molecule has 0 aliphatic rings. The largest absolute Gasteiger partial charge is 0.341 e. The second-order valence-corrected chi connectivity index (χ2v) is 3.48. The zero-order valence-electron chi connectivity index (χ0n) is 6.44. The maximum Gasteiger partial charge on any atom is 0.331 e. The van der Waals surface area contributed by atoms with Gasteiger partial charge in [0.25, 0.3) is 5.09 Å². The summed E-state index contributed by atoms with van der Waals surface area (Å²) in [6, 6.07) is 0. The van der Waals surface area contributed by atoms with Gasteiger partial charge in [0, 0.05) is 5.56 Å². The van der Waals surface area contributed by atoms with E-state index in [-0.39, 0.29) is 12.4 Å². The molecule has 1 heterocycles. The average molecular weight is 214 g/mol. The SMILES string of the molecule is Cc1noc(S(=O)(=O)O)c1C.Cl. The third-order valence-corrected chi connectivity index (χ3v) is 2.20. The van der Waals surface area contributed by atoms with Crippen LogP contribution in [0.3, 0.4) is 0 Å². The summed E-state index contributed by atoms with van der Waals surface area (Å²) in [5.41, 5.74) is 0.796. The minimum atomic E-state index is -4.24. The van der Waals surface area contributed by atoms with Gasteiger partial charge in [-0.2, -0.15) is 8.42 Å². The summed E-state index contributed by atoms with van der Waals surface area (Å²) in [5, 5.41) is 2.89. The van der Waals surface area contributed by atoms with Crippen LogP contribution in [0.15, 0.2) is 9.62 Å². The molecule has 1 rings (SSSR count). The van der Waals surface area contributed by atoms with Crippen molar-refractivity contribution in [1.82, 2.24) is 5.16 Å². The molecule has 1 N–H and O–H groups in total. The molecule has 0 radical (unpaired) electrons. The molecule has 0 unspecified atom stereocenters. The molecule has 5 nitrogen and oxygen atoms in total. The van der Waals surface area contributed by atoms with E-state index in [0.717, 1.165) is 0 Å². The Bertz CT molecular complexity index is 369. The Kier molecular flexibility index (Phi) is 3.25. The van der Waals surface area contributed by atoms with E-state index in [1.54, 1.807) is 6.92 Å². The third-order valence-electron chi connectivity index (χ3n) is 1.35. The van der Waals surface area contributed by atoms with E-state index >= 15 is 0 Å². The number of hydrogen-bond donors (Lipinski definition) is 1. The van der Waals surface area contributed by atoms with Crippen molar-refractivity contribution in [2.24, 2.45) is 0 Å². The molecule has 0 amide bonds. The fourth-order valence-electron chi connectivity index (χ4n) is 0.635. The van der Waals surface area contributed by atoms with E-state index in [1.165, 1.54) is 6.92 Å². The van der Waals surface area contributed by atoms with Crippen LogP contribution >= 0.6 is 12.4 Å². The standard InChI is InChI=1S/C5H7NO4S.ClH/c1-3-4(2)6-10-5(3)11(7,8)9;/h1-2H3,(H,7,8,9);1H. The van der Waals surface area contributed by atoms with Crippen molar-refractivity contribution in [2.75, 3.05) is 0 Å². The lowest BCUT2D eigenvalue weighted by Gasteiger charge is -1.88. The second-order valence-electron chi connectivity index (χ2n) is 2.16. The van der Waals surface area contributed by atoms with Crippen LogP contribution in [0.4, 0.5) is 0 Å². The summed E-state index contributed by atoms with van der Waals surface area (Å²) in [7, 11) is -4.24. The molecule has 0 bridgehead atoms. The van der Waals surface area contributed by atoms with E-state index in [1.807, 2.05) is 0 Å². The van der Waals surface area contributed by atoms with Crippen molar-refractivity contribution in [1.29, 1.82) is 0 Å². The van der Waals surface area contributed by atoms with Gasteiger partial charge in [0.2, 0.25) is 0 Å². The first-order valence-corrected chi connectivity index (χ1v) is 4.27. The highest BCUT2D eigenvalue weighted by Crippen LogP contribution is 2.16. The molecular formula is C5H8ClNO4S. The van der Waals surface area contributed by atoms with Crippen molar-refractivity contribution in [3.8, 4) is 0 Å². The Labute approximate surface area is 75.9 Å². The van der Waals surface area contributed by atoms with Gasteiger partial charge in [-0.15, -0.1) is 12.4 Å². The van der Waals surface area contributed by atoms with Crippen molar-refractivity contribution in [2.45, 2.75) is 18.9 Å². The zero-order chi connectivity index (χ0) is 8.65. The normalized spacial score (nSPS) is 10.9. The number of aryl methyl sites for hydroxylation is 1. The fraction of sp³-hybridized carbons (Fsp3) is 0.400. The summed E-state index contributed by atoms with van der Waals surface area (Å²) in [6.07, 6.45) is 0. The minimum absolute atomic E-state index is 0. The van der Waals surface area contributed by atoms with E-state index in [4.69, 9.17) is 4.55 Å². The Morgan fingerprint density at radius 1 is 1.42 bits per heavy atom. The van der Waals surface area contributed by atoms with Gasteiger partial charge in [-0.3, -0.25) is 4.55 Å². The molecule has 0 saturated heterocycles. The zero-order valence-corrected chi connectivity index (χ0v) is 8.07. The van der Waals surface area contributed by atoms with Gasteiger partial charge in [0.1, 0.15) is 0 Å². The maximum atomic E-state index is 10.5. The number of hydrogen-bond acceptors (Lipinski definition) is 4. The molecule has 12 heavy (non-hydrogen) atoms. The predicted octanol–water partition coefficient (Wildman–Crippen LogP) is 0.960. The first kappa shape index (κ1) is 11.4. The summed E-state index contributed by atoms with van der Waals surface area (Å²) < 4.78 is 33.9. The second kappa shape index (κ2) is 3.42. The highest BCUT2D eigenvalue weighted by atomic mass is 35.5. The molecule has 1 aromatic rings. The first-order valence-electron chi connectivity index (χ1n) is 2.83. The highest BCUT2D eigenvalue weighted by molar-refractivity contribution is 7.85. The lowest BCUT2D eigenvalue weighted by Crippen LogP contribution is -1.97. The topological polar surface area (TPSA) is 80.4 Å². The average Bonchev–Trinajstić information content (AvgIpc) is 2.11. The van der Waals surface area contributed by atoms with Crippen LogP contribution in [-0.2, 0) is 10.1 Å². The van der Waals surface area contributed by atoms with Gasteiger partial charge in [-0.1, -0.05) is 5.16 Å². The number of rotatable bonds is 1. The van der Waals surface area contributed by atoms with Gasteiger partial charge in [-0.25, -0.2) is 0 Å². The van der Waals surface area contributed by atoms with Crippen molar-refractivity contribution >= 4 is 22.5 Å². The number of aromatic nitrogens is 1. The lowest BCUT2D eigenvalue weighted by molar-refractivity contribution is 0.320. The molecule has 0 aliphatic carbocycles. The molecule has 1 aromatic heterocycles. The summed E-state index contributed by atoms with van der Waals surface area (Å²) in [4.78, 5) is 0. The smallest absolute Gasteiger partial charge is 0.331 e. The minimum Gasteiger partial charge on any atom is -0.341 e. The predicted molar refractivity (Wildman–Crippen MR) is 43.0 cm³/mol. The number of nitrogens with zero attached hydrogens (tertiary/aromatic N) is 1. The van der Waals surface area contributed by atoms with Crippen LogP contribution in [0.2, 0.25) is 0 Å². The van der Waals surface area contributed by atoms with Crippen LogP contribution in [-0.4, -0.2) is 18.1 Å². The van der Waals surface area contributed by atoms with Crippen LogP contribution in [0.25, 0.3) is 0 Å². The van der Waals surface area contributed by atoms with Crippen LogP contribution < -0.4 is 0 Å². The summed E-state index contributed by atoms with van der Waals surface area (Å²) >= 11 is 0. The van der Waals surface area contributed by atoms with E-state index in [9.17, 15) is 8.42 Å². The van der Waals surface area contributed by atoms with Crippen LogP contribution in [0.1, 0.15) is 11.3 Å². The summed E-state index contributed by atoms with van der Waals surface area (Å²) in [6.45, 7) is 3.10. The van der Waals surface area contributed by atoms with Crippen molar-refractivity contribution in [3.05, 3.63) is 11.3 Å². The molecule has 7 heteroatoms. The third kappa shape index (κ3) is 1.96. The summed E-state index contributed by atoms with van der Waals surface area (Å²) in [5.74, 6) is 0. The van der Waals surface area contributed by atoms with Gasteiger partial charge >= 0.3 is 10.1 Å². The Morgan fingerprint density at radius 2 is 1.92 bits per heavy atom. The molecule has 70 valence electrons. The van der Waals surface area contributed by atoms with Crippen molar-refractivity contribution in [3.63, 3.8) is 0 Å².